The van der Waals surface area contributed by atoms with Gasteiger partial charge in [-0.05, 0) is 55.4 Å². The van der Waals surface area contributed by atoms with Crippen molar-refractivity contribution in [3.8, 4) is 17.0 Å². The predicted molar refractivity (Wildman–Crippen MR) is 114 cm³/mol. The van der Waals surface area contributed by atoms with Gasteiger partial charge in [0, 0.05) is 45.8 Å². The highest BCUT2D eigenvalue weighted by atomic mass is 35.5. The van der Waals surface area contributed by atoms with E-state index in [4.69, 9.17) is 16.3 Å². The molecule has 4 nitrogen and oxygen atoms in total. The monoisotopic (exact) mass is 383 g/mol. The minimum Gasteiger partial charge on any atom is -0.496 e. The summed E-state index contributed by atoms with van der Waals surface area (Å²) in [6.07, 6.45) is 0.959. The van der Waals surface area contributed by atoms with Gasteiger partial charge in [-0.2, -0.15) is 0 Å². The third-order valence-corrected chi connectivity index (χ3v) is 5.77. The summed E-state index contributed by atoms with van der Waals surface area (Å²) in [7, 11) is 1.76. The number of halogens is 1. The van der Waals surface area contributed by atoms with Crippen molar-refractivity contribution >= 4 is 28.2 Å². The third kappa shape index (κ3) is 3.28. The number of hydrogen-bond donors (Lipinski definition) is 2. The zero-order valence-corrected chi connectivity index (χ0v) is 16.9. The lowest BCUT2D eigenvalue weighted by atomic mass is 10.0. The number of H-pyrrole nitrogens is 1. The van der Waals surface area contributed by atoms with Gasteiger partial charge in [-0.3, -0.25) is 4.90 Å². The molecule has 1 aliphatic rings. The second kappa shape index (κ2) is 7.45. The van der Waals surface area contributed by atoms with E-state index in [-0.39, 0.29) is 0 Å². The minimum atomic E-state index is 0.754. The van der Waals surface area contributed by atoms with Crippen LogP contribution in [0.25, 0.3) is 22.2 Å². The Kier molecular flexibility index (Phi) is 5.02. The summed E-state index contributed by atoms with van der Waals surface area (Å²) in [6.45, 7) is 8.22. The Labute approximate surface area is 165 Å². The summed E-state index contributed by atoms with van der Waals surface area (Å²) in [5.74, 6) is 0.963. The number of aromatic nitrogens is 1. The number of nitrogens with one attached hydrogen (secondary N) is 2. The Morgan fingerprint density at radius 3 is 2.70 bits per heavy atom. The summed E-state index contributed by atoms with van der Waals surface area (Å²) < 4.78 is 5.75. The van der Waals surface area contributed by atoms with Crippen LogP contribution >= 0.6 is 11.6 Å². The van der Waals surface area contributed by atoms with Gasteiger partial charge in [0.15, 0.2) is 0 Å². The van der Waals surface area contributed by atoms with Crippen LogP contribution in [0.2, 0.25) is 5.02 Å². The molecule has 2 aromatic carbocycles. The van der Waals surface area contributed by atoms with Gasteiger partial charge in [-0.15, -0.1) is 0 Å². The number of hydrogen-bond acceptors (Lipinski definition) is 3. The molecule has 2 N–H and O–H groups in total. The van der Waals surface area contributed by atoms with Crippen LogP contribution in [-0.4, -0.2) is 36.6 Å². The first-order valence-electron chi connectivity index (χ1n) is 9.62. The summed E-state index contributed by atoms with van der Waals surface area (Å²) in [5, 5.41) is 5.50. The molecule has 0 saturated carbocycles. The first-order chi connectivity index (χ1) is 13.1. The van der Waals surface area contributed by atoms with E-state index >= 15 is 0 Å². The standard InChI is InChI=1S/C22H26ClN3O/c1-4-26(5-2)13-14-10-20-18(12-21(14)27-3)16-8-9-24-19-11-15(23)6-7-17(19)22(16)25-20/h6-7,10-12,24-25H,4-5,8-9,13H2,1-3H3. The highest BCUT2D eigenvalue weighted by Crippen LogP contribution is 2.40. The van der Waals surface area contributed by atoms with Gasteiger partial charge < -0.3 is 15.0 Å². The van der Waals surface area contributed by atoms with Gasteiger partial charge in [0.25, 0.3) is 0 Å². The van der Waals surface area contributed by atoms with Crippen LogP contribution in [0.4, 0.5) is 5.69 Å². The highest BCUT2D eigenvalue weighted by molar-refractivity contribution is 6.31. The molecule has 1 aliphatic heterocycles. The maximum Gasteiger partial charge on any atom is 0.124 e. The van der Waals surface area contributed by atoms with Crippen molar-refractivity contribution in [2.24, 2.45) is 0 Å². The molecule has 0 saturated heterocycles. The quantitative estimate of drug-likeness (QED) is 0.627. The van der Waals surface area contributed by atoms with Crippen molar-refractivity contribution in [2.75, 3.05) is 32.1 Å². The second-order valence-corrected chi connectivity index (χ2v) is 7.45. The van der Waals surface area contributed by atoms with Crippen LogP contribution in [0, 0.1) is 0 Å². The maximum atomic E-state index is 6.20. The number of fused-ring (bicyclic) bond motifs is 5. The van der Waals surface area contributed by atoms with Crippen LogP contribution in [-0.2, 0) is 13.0 Å². The molecular formula is C22H26ClN3O. The summed E-state index contributed by atoms with van der Waals surface area (Å²) in [6, 6.07) is 10.5. The molecule has 5 heteroatoms. The van der Waals surface area contributed by atoms with E-state index in [9.17, 15) is 0 Å². The molecule has 0 atom stereocenters. The number of rotatable bonds is 5. The first kappa shape index (κ1) is 18.2. The SMILES string of the molecule is CCN(CC)Cc1cc2[nH]c3c(c2cc1OC)CCNc1cc(Cl)ccc1-3. The van der Waals surface area contributed by atoms with Crippen LogP contribution < -0.4 is 10.1 Å². The van der Waals surface area contributed by atoms with Gasteiger partial charge in [-0.25, -0.2) is 0 Å². The molecule has 3 aromatic rings. The molecule has 142 valence electrons. The second-order valence-electron chi connectivity index (χ2n) is 7.02. The molecule has 0 spiro atoms. The fourth-order valence-corrected chi connectivity index (χ4v) is 4.19. The molecule has 0 radical (unpaired) electrons. The molecule has 0 unspecified atom stereocenters. The van der Waals surface area contributed by atoms with Crippen LogP contribution in [0.5, 0.6) is 5.75 Å². The maximum absolute atomic E-state index is 6.20. The van der Waals surface area contributed by atoms with Gasteiger partial charge in [0.05, 0.1) is 12.8 Å². The lowest BCUT2D eigenvalue weighted by molar-refractivity contribution is 0.289. The van der Waals surface area contributed by atoms with Crippen LogP contribution in [0.3, 0.4) is 0 Å². The Hall–Kier alpha value is -2.17. The van der Waals surface area contributed by atoms with Crippen molar-refractivity contribution in [1.82, 2.24) is 9.88 Å². The zero-order chi connectivity index (χ0) is 19.0. The number of aromatic amines is 1. The average Bonchev–Trinajstić information content (AvgIpc) is 2.92. The van der Waals surface area contributed by atoms with Gasteiger partial charge in [-0.1, -0.05) is 25.4 Å². The summed E-state index contributed by atoms with van der Waals surface area (Å²) >= 11 is 6.20. The lowest BCUT2D eigenvalue weighted by Crippen LogP contribution is -2.22. The van der Waals surface area contributed by atoms with Crippen molar-refractivity contribution in [3.05, 3.63) is 46.5 Å². The van der Waals surface area contributed by atoms with E-state index in [0.717, 1.165) is 49.1 Å². The number of ether oxygens (including phenoxy) is 1. The average molecular weight is 384 g/mol. The van der Waals surface area contributed by atoms with E-state index in [1.54, 1.807) is 7.11 Å². The minimum absolute atomic E-state index is 0.754. The van der Waals surface area contributed by atoms with Gasteiger partial charge in [0.2, 0.25) is 0 Å². The predicted octanol–water partition coefficient (Wildman–Crippen LogP) is 5.31. The summed E-state index contributed by atoms with van der Waals surface area (Å²) in [4.78, 5) is 6.08. The van der Waals surface area contributed by atoms with Crippen molar-refractivity contribution in [3.63, 3.8) is 0 Å². The number of anilines is 1. The molecule has 0 bridgehead atoms. The molecular weight excluding hydrogens is 358 g/mol. The Bertz CT molecular complexity index is 975. The zero-order valence-electron chi connectivity index (χ0n) is 16.2. The van der Waals surface area contributed by atoms with Crippen molar-refractivity contribution in [1.29, 1.82) is 0 Å². The van der Waals surface area contributed by atoms with E-state index in [0.29, 0.717) is 0 Å². The summed E-state index contributed by atoms with van der Waals surface area (Å²) in [5.41, 5.74) is 7.18. The van der Waals surface area contributed by atoms with Crippen LogP contribution in [0.15, 0.2) is 30.3 Å². The smallest absolute Gasteiger partial charge is 0.124 e. The Morgan fingerprint density at radius 1 is 1.15 bits per heavy atom. The highest BCUT2D eigenvalue weighted by Gasteiger charge is 2.21. The van der Waals surface area contributed by atoms with Crippen LogP contribution in [0.1, 0.15) is 25.0 Å². The molecule has 0 fully saturated rings. The Morgan fingerprint density at radius 2 is 1.96 bits per heavy atom. The fraction of sp³-hybridized carbons (Fsp3) is 0.364. The number of benzene rings is 2. The molecule has 1 aromatic heterocycles. The molecule has 0 aliphatic carbocycles. The van der Waals surface area contributed by atoms with E-state index in [2.05, 4.69) is 47.2 Å². The number of methoxy groups -OCH3 is 1. The Balaban J connectivity index is 1.87. The van der Waals surface area contributed by atoms with Crippen molar-refractivity contribution < 1.29 is 4.74 Å². The van der Waals surface area contributed by atoms with Crippen molar-refractivity contribution in [2.45, 2.75) is 26.8 Å². The van der Waals surface area contributed by atoms with E-state index < -0.39 is 0 Å². The molecule has 0 amide bonds. The van der Waals surface area contributed by atoms with Gasteiger partial charge >= 0.3 is 0 Å². The largest absolute Gasteiger partial charge is 0.496 e. The van der Waals surface area contributed by atoms with Gasteiger partial charge in [0.1, 0.15) is 5.75 Å². The third-order valence-electron chi connectivity index (χ3n) is 5.54. The molecule has 2 heterocycles. The lowest BCUT2D eigenvalue weighted by Gasteiger charge is -2.19. The first-order valence-corrected chi connectivity index (χ1v) is 10.00. The van der Waals surface area contributed by atoms with E-state index in [1.165, 1.54) is 33.3 Å². The topological polar surface area (TPSA) is 40.3 Å². The fourth-order valence-electron chi connectivity index (χ4n) is 4.02. The normalized spacial score (nSPS) is 13.2. The molecule has 4 rings (SSSR count). The van der Waals surface area contributed by atoms with E-state index in [1.807, 2.05) is 12.1 Å². The molecule has 27 heavy (non-hydrogen) atoms. The number of nitrogens with zero attached hydrogens (tertiary/aromatic N) is 1.